The molecule has 0 spiro atoms. The van der Waals surface area contributed by atoms with E-state index in [9.17, 15) is 9.18 Å². The van der Waals surface area contributed by atoms with Crippen LogP contribution in [0.4, 0.5) is 10.1 Å². The number of halogens is 1. The lowest BCUT2D eigenvalue weighted by Crippen LogP contribution is -2.17. The number of nitrogens with zero attached hydrogens (tertiary/aromatic N) is 2. The van der Waals surface area contributed by atoms with Gasteiger partial charge in [0.1, 0.15) is 18.2 Å². The Balaban J connectivity index is 1.41. The number of rotatable bonds is 7. The average Bonchev–Trinajstić information content (AvgIpc) is 3.37. The smallest absolute Gasteiger partial charge is 0.228 e. The Kier molecular flexibility index (Phi) is 6.32. The van der Waals surface area contributed by atoms with Crippen LogP contribution in [-0.4, -0.2) is 35.0 Å². The van der Waals surface area contributed by atoms with Crippen LogP contribution in [0.1, 0.15) is 29.8 Å². The summed E-state index contributed by atoms with van der Waals surface area (Å²) < 4.78 is 26.3. The lowest BCUT2D eigenvalue weighted by molar-refractivity contribution is -0.115. The number of anilines is 1. The van der Waals surface area contributed by atoms with Gasteiger partial charge < -0.3 is 14.8 Å². The van der Waals surface area contributed by atoms with E-state index in [1.165, 1.54) is 12.1 Å². The fraction of sp³-hybridized carbons (Fsp3) is 0.333. The molecular weight excluding hydrogens is 397 g/mol. The summed E-state index contributed by atoms with van der Waals surface area (Å²) in [7, 11) is 0. The molecule has 31 heavy (non-hydrogen) atoms. The lowest BCUT2D eigenvalue weighted by Gasteiger charge is -2.12. The van der Waals surface area contributed by atoms with E-state index in [-0.39, 0.29) is 24.2 Å². The highest BCUT2D eigenvalue weighted by atomic mass is 19.1. The third-order valence-corrected chi connectivity index (χ3v) is 5.43. The topological polar surface area (TPSA) is 65.4 Å². The van der Waals surface area contributed by atoms with Crippen molar-refractivity contribution in [1.29, 1.82) is 0 Å². The van der Waals surface area contributed by atoms with Gasteiger partial charge in [-0.1, -0.05) is 6.07 Å². The molecule has 1 aliphatic rings. The summed E-state index contributed by atoms with van der Waals surface area (Å²) in [6, 6.07) is 13.5. The van der Waals surface area contributed by atoms with Crippen LogP contribution >= 0.6 is 0 Å². The zero-order chi connectivity index (χ0) is 21.8. The Labute approximate surface area is 181 Å². The van der Waals surface area contributed by atoms with Crippen molar-refractivity contribution in [2.24, 2.45) is 0 Å². The molecule has 0 radical (unpaired) electrons. The van der Waals surface area contributed by atoms with Crippen molar-refractivity contribution < 1.29 is 18.7 Å². The average molecular weight is 423 g/mol. The predicted molar refractivity (Wildman–Crippen MR) is 116 cm³/mol. The molecule has 0 unspecified atom stereocenters. The summed E-state index contributed by atoms with van der Waals surface area (Å²) in [6.07, 6.45) is 2.42. The maximum atomic E-state index is 13.2. The SMILES string of the molecule is Cc1nn(-c2ccc(F)cc2)c(C)c1CC(=O)Nc1cccc(OC[C@@H]2CCCO2)c1. The molecule has 1 aliphatic heterocycles. The molecule has 0 bridgehead atoms. The van der Waals surface area contributed by atoms with E-state index in [1.807, 2.05) is 38.1 Å². The van der Waals surface area contributed by atoms with Crippen LogP contribution in [-0.2, 0) is 16.0 Å². The van der Waals surface area contributed by atoms with Crippen molar-refractivity contribution in [3.63, 3.8) is 0 Å². The maximum Gasteiger partial charge on any atom is 0.228 e. The number of amides is 1. The molecule has 7 heteroatoms. The summed E-state index contributed by atoms with van der Waals surface area (Å²) >= 11 is 0. The second-order valence-electron chi connectivity index (χ2n) is 7.74. The van der Waals surface area contributed by atoms with E-state index in [0.717, 1.165) is 42.1 Å². The number of aromatic nitrogens is 2. The van der Waals surface area contributed by atoms with Gasteiger partial charge in [0.15, 0.2) is 0 Å². The number of carbonyl (C=O) groups is 1. The summed E-state index contributed by atoms with van der Waals surface area (Å²) in [5, 5.41) is 7.46. The van der Waals surface area contributed by atoms with Crippen LogP contribution in [0.5, 0.6) is 5.75 Å². The molecule has 6 nitrogen and oxygen atoms in total. The molecule has 1 atom stereocenters. The van der Waals surface area contributed by atoms with Crippen molar-refractivity contribution in [1.82, 2.24) is 9.78 Å². The van der Waals surface area contributed by atoms with Gasteiger partial charge in [-0.2, -0.15) is 5.10 Å². The van der Waals surface area contributed by atoms with Gasteiger partial charge in [-0.05, 0) is 63.1 Å². The minimum absolute atomic E-state index is 0.138. The number of ether oxygens (including phenoxy) is 2. The van der Waals surface area contributed by atoms with Crippen molar-refractivity contribution in [2.75, 3.05) is 18.5 Å². The van der Waals surface area contributed by atoms with Crippen LogP contribution in [0.2, 0.25) is 0 Å². The molecule has 3 aromatic rings. The maximum absolute atomic E-state index is 13.2. The molecule has 2 aromatic carbocycles. The minimum atomic E-state index is -0.299. The van der Waals surface area contributed by atoms with E-state index in [4.69, 9.17) is 9.47 Å². The molecule has 1 saturated heterocycles. The number of hydrogen-bond donors (Lipinski definition) is 1. The normalized spacial score (nSPS) is 15.8. The van der Waals surface area contributed by atoms with E-state index >= 15 is 0 Å². The van der Waals surface area contributed by atoms with Gasteiger partial charge >= 0.3 is 0 Å². The second-order valence-corrected chi connectivity index (χ2v) is 7.74. The first kappa shape index (κ1) is 21.1. The molecular formula is C24H26FN3O3. The van der Waals surface area contributed by atoms with Crippen molar-refractivity contribution in [3.05, 3.63) is 71.3 Å². The first-order valence-corrected chi connectivity index (χ1v) is 10.4. The molecule has 1 aromatic heterocycles. The quantitative estimate of drug-likeness (QED) is 0.613. The van der Waals surface area contributed by atoms with Crippen molar-refractivity contribution in [2.45, 2.75) is 39.2 Å². The molecule has 1 N–H and O–H groups in total. The van der Waals surface area contributed by atoms with Crippen LogP contribution in [0, 0.1) is 19.7 Å². The number of aryl methyl sites for hydroxylation is 1. The van der Waals surface area contributed by atoms with Crippen LogP contribution in [0.25, 0.3) is 5.69 Å². The molecule has 4 rings (SSSR count). The molecule has 1 fully saturated rings. The van der Waals surface area contributed by atoms with E-state index < -0.39 is 0 Å². The number of benzene rings is 2. The molecule has 0 saturated carbocycles. The zero-order valence-corrected chi connectivity index (χ0v) is 17.7. The standard InChI is InChI=1S/C24H26FN3O3/c1-16-23(17(2)28(27-16)20-10-8-18(25)9-11-20)14-24(29)26-19-5-3-6-21(13-19)31-15-22-7-4-12-30-22/h3,5-6,8-11,13,22H,4,7,12,14-15H2,1-2H3,(H,26,29)/t22-/m0/s1. The largest absolute Gasteiger partial charge is 0.491 e. The number of nitrogens with one attached hydrogen (secondary N) is 1. The van der Waals surface area contributed by atoms with Gasteiger partial charge in [0.05, 0.1) is 23.9 Å². The van der Waals surface area contributed by atoms with E-state index in [0.29, 0.717) is 18.0 Å². The predicted octanol–water partition coefficient (Wildman–Crippen LogP) is 4.37. The van der Waals surface area contributed by atoms with Gasteiger partial charge in [-0.15, -0.1) is 0 Å². The third kappa shape index (κ3) is 5.11. The van der Waals surface area contributed by atoms with Crippen molar-refractivity contribution in [3.8, 4) is 11.4 Å². The lowest BCUT2D eigenvalue weighted by atomic mass is 10.1. The van der Waals surface area contributed by atoms with Crippen LogP contribution in [0.15, 0.2) is 48.5 Å². The van der Waals surface area contributed by atoms with Gasteiger partial charge in [-0.25, -0.2) is 9.07 Å². The fourth-order valence-electron chi connectivity index (χ4n) is 3.76. The summed E-state index contributed by atoms with van der Waals surface area (Å²) in [5.41, 5.74) is 3.91. The molecule has 162 valence electrons. The Bertz CT molecular complexity index is 1060. The first-order chi connectivity index (χ1) is 15.0. The van der Waals surface area contributed by atoms with E-state index in [1.54, 1.807) is 16.8 Å². The third-order valence-electron chi connectivity index (χ3n) is 5.43. The minimum Gasteiger partial charge on any atom is -0.491 e. The fourth-order valence-corrected chi connectivity index (χ4v) is 3.76. The zero-order valence-electron chi connectivity index (χ0n) is 17.7. The van der Waals surface area contributed by atoms with Gasteiger partial charge in [0.2, 0.25) is 5.91 Å². The van der Waals surface area contributed by atoms with Gasteiger partial charge in [-0.3, -0.25) is 4.79 Å². The van der Waals surface area contributed by atoms with Gasteiger partial charge in [0.25, 0.3) is 0 Å². The Morgan fingerprint density at radius 1 is 1.26 bits per heavy atom. The highest BCUT2D eigenvalue weighted by Crippen LogP contribution is 2.22. The first-order valence-electron chi connectivity index (χ1n) is 10.4. The molecule has 1 amide bonds. The summed E-state index contributed by atoms with van der Waals surface area (Å²) in [6.45, 7) is 5.08. The summed E-state index contributed by atoms with van der Waals surface area (Å²) in [4.78, 5) is 12.7. The Morgan fingerprint density at radius 2 is 2.06 bits per heavy atom. The highest BCUT2D eigenvalue weighted by Gasteiger charge is 2.17. The Morgan fingerprint density at radius 3 is 2.81 bits per heavy atom. The Hall–Kier alpha value is -3.19. The monoisotopic (exact) mass is 423 g/mol. The van der Waals surface area contributed by atoms with Gasteiger partial charge in [0, 0.05) is 29.6 Å². The van der Waals surface area contributed by atoms with E-state index in [2.05, 4.69) is 10.4 Å². The summed E-state index contributed by atoms with van der Waals surface area (Å²) in [5.74, 6) is 0.262. The number of carbonyl (C=O) groups excluding carboxylic acids is 1. The van der Waals surface area contributed by atoms with Crippen LogP contribution in [0.3, 0.4) is 0 Å². The number of hydrogen-bond acceptors (Lipinski definition) is 4. The second kappa shape index (κ2) is 9.31. The van der Waals surface area contributed by atoms with Crippen molar-refractivity contribution >= 4 is 11.6 Å². The molecule has 0 aliphatic carbocycles. The highest BCUT2D eigenvalue weighted by molar-refractivity contribution is 5.92. The molecule has 2 heterocycles. The van der Waals surface area contributed by atoms with Crippen LogP contribution < -0.4 is 10.1 Å².